The van der Waals surface area contributed by atoms with E-state index in [0.717, 1.165) is 42.7 Å². The minimum absolute atomic E-state index is 0.569. The number of nitrogens with one attached hydrogen (secondary N) is 2. The van der Waals surface area contributed by atoms with E-state index in [1.165, 1.54) is 0 Å². The van der Waals surface area contributed by atoms with E-state index < -0.39 is 0 Å². The second-order valence-corrected chi connectivity index (χ2v) is 4.47. The third kappa shape index (κ3) is 6.45. The van der Waals surface area contributed by atoms with Gasteiger partial charge in [-0.15, -0.1) is 0 Å². The number of guanidine groups is 1. The molecule has 0 atom stereocenters. The molecule has 5 heteroatoms. The summed E-state index contributed by atoms with van der Waals surface area (Å²) in [5.41, 5.74) is 1.03. The smallest absolute Gasteiger partial charge is 0.191 e. The molecule has 0 heterocycles. The zero-order valence-electron chi connectivity index (χ0n) is 11.6. The molecule has 0 unspecified atom stereocenters. The lowest BCUT2D eigenvalue weighted by atomic mass is 10.2. The van der Waals surface area contributed by atoms with Crippen molar-refractivity contribution in [2.75, 3.05) is 26.8 Å². The molecule has 0 spiro atoms. The molecule has 0 fully saturated rings. The van der Waals surface area contributed by atoms with Crippen LogP contribution in [0.5, 0.6) is 0 Å². The highest BCUT2D eigenvalue weighted by atomic mass is 35.5. The summed E-state index contributed by atoms with van der Waals surface area (Å²) in [6, 6.07) is 7.76. The van der Waals surface area contributed by atoms with Gasteiger partial charge in [-0.2, -0.15) is 0 Å². The van der Waals surface area contributed by atoms with E-state index >= 15 is 0 Å². The van der Waals surface area contributed by atoms with E-state index in [1.807, 2.05) is 31.2 Å². The van der Waals surface area contributed by atoms with Gasteiger partial charge < -0.3 is 15.4 Å². The molecule has 1 aromatic carbocycles. The highest BCUT2D eigenvalue weighted by Gasteiger charge is 2.00. The minimum atomic E-state index is 0.569. The van der Waals surface area contributed by atoms with Gasteiger partial charge in [0.1, 0.15) is 0 Å². The summed E-state index contributed by atoms with van der Waals surface area (Å²) < 4.78 is 5.01. The maximum Gasteiger partial charge on any atom is 0.191 e. The summed E-state index contributed by atoms with van der Waals surface area (Å²) in [5.74, 6) is 0.804. The summed E-state index contributed by atoms with van der Waals surface area (Å²) in [7, 11) is 1.71. The van der Waals surface area contributed by atoms with Crippen LogP contribution in [0.2, 0.25) is 5.02 Å². The summed E-state index contributed by atoms with van der Waals surface area (Å²) >= 11 is 6.10. The van der Waals surface area contributed by atoms with Gasteiger partial charge in [0, 0.05) is 31.8 Å². The first-order chi connectivity index (χ1) is 9.27. The van der Waals surface area contributed by atoms with Gasteiger partial charge in [-0.05, 0) is 25.0 Å². The molecule has 106 valence electrons. The minimum Gasteiger partial charge on any atom is -0.385 e. The van der Waals surface area contributed by atoms with Crippen molar-refractivity contribution in [1.29, 1.82) is 0 Å². The Labute approximate surface area is 120 Å². The molecule has 0 saturated heterocycles. The summed E-state index contributed by atoms with van der Waals surface area (Å²) in [5, 5.41) is 7.22. The van der Waals surface area contributed by atoms with Crippen molar-refractivity contribution < 1.29 is 4.74 Å². The van der Waals surface area contributed by atoms with Crippen LogP contribution < -0.4 is 10.6 Å². The van der Waals surface area contributed by atoms with E-state index in [1.54, 1.807) is 7.11 Å². The highest BCUT2D eigenvalue weighted by Crippen LogP contribution is 2.15. The number of aliphatic imine (C=N–C) groups is 1. The third-order valence-corrected chi connectivity index (χ3v) is 2.90. The fourth-order valence-corrected chi connectivity index (χ4v) is 1.75. The number of benzene rings is 1. The molecule has 0 aromatic heterocycles. The molecule has 19 heavy (non-hydrogen) atoms. The van der Waals surface area contributed by atoms with E-state index in [2.05, 4.69) is 15.6 Å². The monoisotopic (exact) mass is 283 g/mol. The Morgan fingerprint density at radius 3 is 2.79 bits per heavy atom. The standard InChI is InChI=1S/C14H22ClN3O/c1-3-16-14(17-9-6-10-19-2)18-11-12-7-4-5-8-13(12)15/h4-5,7-8H,3,6,9-11H2,1-2H3,(H2,16,17,18). The molecule has 0 aliphatic heterocycles. The van der Waals surface area contributed by atoms with E-state index in [0.29, 0.717) is 6.54 Å². The van der Waals surface area contributed by atoms with Crippen LogP contribution in [0.3, 0.4) is 0 Å². The average molecular weight is 284 g/mol. The lowest BCUT2D eigenvalue weighted by Gasteiger charge is -2.11. The number of ether oxygens (including phenoxy) is 1. The van der Waals surface area contributed by atoms with Crippen LogP contribution in [-0.4, -0.2) is 32.8 Å². The molecule has 0 amide bonds. The first-order valence-corrected chi connectivity index (χ1v) is 6.90. The van der Waals surface area contributed by atoms with Gasteiger partial charge >= 0.3 is 0 Å². The number of hydrogen-bond donors (Lipinski definition) is 2. The average Bonchev–Trinajstić information content (AvgIpc) is 2.42. The fourth-order valence-electron chi connectivity index (χ4n) is 1.56. The van der Waals surface area contributed by atoms with Gasteiger partial charge in [0.15, 0.2) is 5.96 Å². The Morgan fingerprint density at radius 2 is 2.11 bits per heavy atom. The van der Waals surface area contributed by atoms with Gasteiger partial charge in [-0.3, -0.25) is 0 Å². The Morgan fingerprint density at radius 1 is 1.32 bits per heavy atom. The van der Waals surface area contributed by atoms with Crippen LogP contribution in [0.1, 0.15) is 18.9 Å². The van der Waals surface area contributed by atoms with Crippen molar-refractivity contribution in [3.8, 4) is 0 Å². The van der Waals surface area contributed by atoms with Gasteiger partial charge in [0.2, 0.25) is 0 Å². The summed E-state index contributed by atoms with van der Waals surface area (Å²) in [6.45, 7) is 5.03. The molecule has 1 aromatic rings. The van der Waals surface area contributed by atoms with Gasteiger partial charge in [-0.25, -0.2) is 4.99 Å². The lowest BCUT2D eigenvalue weighted by molar-refractivity contribution is 0.195. The van der Waals surface area contributed by atoms with Crippen LogP contribution in [0.15, 0.2) is 29.3 Å². The SMILES string of the molecule is CCNC(=NCc1ccccc1Cl)NCCCOC. The number of methoxy groups -OCH3 is 1. The maximum atomic E-state index is 6.10. The maximum absolute atomic E-state index is 6.10. The van der Waals surface area contributed by atoms with E-state index in [-0.39, 0.29) is 0 Å². The number of nitrogens with zero attached hydrogens (tertiary/aromatic N) is 1. The van der Waals surface area contributed by atoms with Crippen molar-refractivity contribution in [3.05, 3.63) is 34.9 Å². The quantitative estimate of drug-likeness (QED) is 0.459. The Balaban J connectivity index is 2.50. The van der Waals surface area contributed by atoms with Crippen LogP contribution in [0, 0.1) is 0 Å². The lowest BCUT2D eigenvalue weighted by Crippen LogP contribution is -2.38. The van der Waals surface area contributed by atoms with Crippen LogP contribution in [0.4, 0.5) is 0 Å². The zero-order valence-corrected chi connectivity index (χ0v) is 12.3. The van der Waals surface area contributed by atoms with E-state index in [4.69, 9.17) is 16.3 Å². The Kier molecular flexibility index (Phi) is 8.02. The first-order valence-electron chi connectivity index (χ1n) is 6.52. The molecule has 1 rings (SSSR count). The van der Waals surface area contributed by atoms with Crippen molar-refractivity contribution >= 4 is 17.6 Å². The Bertz CT molecular complexity index is 396. The van der Waals surface area contributed by atoms with Crippen LogP contribution >= 0.6 is 11.6 Å². The zero-order chi connectivity index (χ0) is 13.9. The predicted molar refractivity (Wildman–Crippen MR) is 80.8 cm³/mol. The van der Waals surface area contributed by atoms with Crippen LogP contribution in [0.25, 0.3) is 0 Å². The van der Waals surface area contributed by atoms with Crippen molar-refractivity contribution in [2.24, 2.45) is 4.99 Å². The predicted octanol–water partition coefficient (Wildman–Crippen LogP) is 2.43. The third-order valence-electron chi connectivity index (χ3n) is 2.53. The summed E-state index contributed by atoms with van der Waals surface area (Å²) in [6.07, 6.45) is 0.951. The molecule has 0 aliphatic carbocycles. The van der Waals surface area contributed by atoms with Crippen molar-refractivity contribution in [3.63, 3.8) is 0 Å². The Hall–Kier alpha value is -1.26. The highest BCUT2D eigenvalue weighted by molar-refractivity contribution is 6.31. The molecule has 0 saturated carbocycles. The topological polar surface area (TPSA) is 45.7 Å². The summed E-state index contributed by atoms with van der Waals surface area (Å²) in [4.78, 5) is 4.51. The molecule has 0 bridgehead atoms. The normalized spacial score (nSPS) is 11.4. The van der Waals surface area contributed by atoms with Crippen molar-refractivity contribution in [2.45, 2.75) is 19.9 Å². The molecular formula is C14H22ClN3O. The second kappa shape index (κ2) is 9.64. The molecule has 0 aliphatic rings. The van der Waals surface area contributed by atoms with Crippen molar-refractivity contribution in [1.82, 2.24) is 10.6 Å². The fraction of sp³-hybridized carbons (Fsp3) is 0.500. The number of halogens is 1. The van der Waals surface area contributed by atoms with E-state index in [9.17, 15) is 0 Å². The van der Waals surface area contributed by atoms with Crippen LogP contribution in [-0.2, 0) is 11.3 Å². The van der Waals surface area contributed by atoms with Gasteiger partial charge in [-0.1, -0.05) is 29.8 Å². The number of rotatable bonds is 7. The largest absolute Gasteiger partial charge is 0.385 e. The van der Waals surface area contributed by atoms with Gasteiger partial charge in [0.05, 0.1) is 6.54 Å². The second-order valence-electron chi connectivity index (χ2n) is 4.06. The van der Waals surface area contributed by atoms with Gasteiger partial charge in [0.25, 0.3) is 0 Å². The number of hydrogen-bond acceptors (Lipinski definition) is 2. The molecule has 4 nitrogen and oxygen atoms in total. The molecule has 2 N–H and O–H groups in total. The first kappa shape index (κ1) is 15.8. The molecular weight excluding hydrogens is 262 g/mol. The molecule has 0 radical (unpaired) electrons.